The fraction of sp³-hybridized carbons (Fsp3) is 0.769. The monoisotopic (exact) mass is 291 g/mol. The molecule has 0 aromatic rings. The van der Waals surface area contributed by atoms with E-state index in [1.54, 1.807) is 0 Å². The smallest absolute Gasteiger partial charge is 0.333 e. The molecule has 0 aromatic carbocycles. The zero-order valence-electron chi connectivity index (χ0n) is 10.1. The van der Waals surface area contributed by atoms with E-state index < -0.39 is 17.8 Å². The lowest BCUT2D eigenvalue weighted by molar-refractivity contribution is -0.197. The standard InChI is InChI=1S/C11H17NO6.2CH4/c13-6-2-8-17-7-1-3-11(16)18-12-9(14)4-5-10(12)15;;/h13H,1-8H2;2*1H4. The van der Waals surface area contributed by atoms with Crippen molar-refractivity contribution in [3.05, 3.63) is 0 Å². The number of hydrogen-bond donors (Lipinski definition) is 1. The maximum atomic E-state index is 11.3. The molecular weight excluding hydrogens is 266 g/mol. The lowest BCUT2D eigenvalue weighted by Crippen LogP contribution is -2.32. The molecule has 1 heterocycles. The molecule has 7 nitrogen and oxygen atoms in total. The quantitative estimate of drug-likeness (QED) is 0.530. The zero-order chi connectivity index (χ0) is 13.4. The lowest BCUT2D eigenvalue weighted by Gasteiger charge is -2.12. The molecule has 0 spiro atoms. The molecule has 1 fully saturated rings. The molecule has 0 aliphatic carbocycles. The highest BCUT2D eigenvalue weighted by atomic mass is 16.7. The molecule has 0 bridgehead atoms. The second-order valence-corrected chi connectivity index (χ2v) is 3.84. The molecule has 20 heavy (non-hydrogen) atoms. The Morgan fingerprint density at radius 2 is 1.65 bits per heavy atom. The number of amides is 2. The van der Waals surface area contributed by atoms with Crippen molar-refractivity contribution in [3.63, 3.8) is 0 Å². The van der Waals surface area contributed by atoms with E-state index in [0.29, 0.717) is 31.1 Å². The van der Waals surface area contributed by atoms with Gasteiger partial charge in [0.2, 0.25) is 0 Å². The molecule has 0 aromatic heterocycles. The Morgan fingerprint density at radius 3 is 2.20 bits per heavy atom. The van der Waals surface area contributed by atoms with E-state index in [1.807, 2.05) is 0 Å². The topological polar surface area (TPSA) is 93.1 Å². The van der Waals surface area contributed by atoms with E-state index >= 15 is 0 Å². The van der Waals surface area contributed by atoms with Crippen LogP contribution < -0.4 is 0 Å². The van der Waals surface area contributed by atoms with Crippen molar-refractivity contribution in [1.82, 2.24) is 5.06 Å². The highest BCUT2D eigenvalue weighted by Gasteiger charge is 2.32. The third kappa shape index (κ3) is 7.20. The van der Waals surface area contributed by atoms with Crippen LogP contribution in [0.4, 0.5) is 0 Å². The Bertz CT molecular complexity index is 302. The normalized spacial score (nSPS) is 13.8. The van der Waals surface area contributed by atoms with E-state index in [-0.39, 0.29) is 40.7 Å². The molecule has 1 rings (SSSR count). The first-order valence-electron chi connectivity index (χ1n) is 5.90. The number of rotatable bonds is 8. The van der Waals surface area contributed by atoms with E-state index in [0.717, 1.165) is 0 Å². The summed E-state index contributed by atoms with van der Waals surface area (Å²) in [7, 11) is 0. The first-order chi connectivity index (χ1) is 8.65. The van der Waals surface area contributed by atoms with Crippen molar-refractivity contribution in [2.24, 2.45) is 0 Å². The molecule has 0 saturated carbocycles. The van der Waals surface area contributed by atoms with Crippen LogP contribution in [-0.2, 0) is 24.0 Å². The number of hydrogen-bond acceptors (Lipinski definition) is 6. The van der Waals surface area contributed by atoms with Crippen LogP contribution in [-0.4, -0.2) is 47.8 Å². The summed E-state index contributed by atoms with van der Waals surface area (Å²) in [6.45, 7) is 0.882. The van der Waals surface area contributed by atoms with Crippen molar-refractivity contribution in [2.75, 3.05) is 19.8 Å². The Kier molecular flexibility index (Phi) is 11.8. The van der Waals surface area contributed by atoms with Gasteiger partial charge in [-0.3, -0.25) is 9.59 Å². The third-order valence-corrected chi connectivity index (χ3v) is 2.32. The molecule has 0 atom stereocenters. The van der Waals surface area contributed by atoms with Gasteiger partial charge in [-0.1, -0.05) is 14.9 Å². The van der Waals surface area contributed by atoms with Gasteiger partial charge in [-0.25, -0.2) is 4.79 Å². The third-order valence-electron chi connectivity index (χ3n) is 2.32. The maximum absolute atomic E-state index is 11.3. The minimum Gasteiger partial charge on any atom is -0.396 e. The fourth-order valence-electron chi connectivity index (χ4n) is 1.39. The summed E-state index contributed by atoms with van der Waals surface area (Å²) >= 11 is 0. The number of hydroxylamine groups is 2. The largest absolute Gasteiger partial charge is 0.396 e. The minimum atomic E-state index is -0.621. The van der Waals surface area contributed by atoms with Crippen LogP contribution in [0, 0.1) is 0 Å². The number of carbonyl (C=O) groups is 3. The fourth-order valence-corrected chi connectivity index (χ4v) is 1.39. The highest BCUT2D eigenvalue weighted by molar-refractivity contribution is 6.01. The van der Waals surface area contributed by atoms with Crippen molar-refractivity contribution >= 4 is 17.8 Å². The summed E-state index contributed by atoms with van der Waals surface area (Å²) in [5.74, 6) is -1.58. The summed E-state index contributed by atoms with van der Waals surface area (Å²) < 4.78 is 5.12. The molecule has 0 unspecified atom stereocenters. The molecule has 1 N–H and O–H groups in total. The van der Waals surface area contributed by atoms with Crippen LogP contribution in [0.5, 0.6) is 0 Å². The summed E-state index contributed by atoms with van der Waals surface area (Å²) in [6.07, 6.45) is 1.27. The van der Waals surface area contributed by atoms with Gasteiger partial charge in [-0.2, -0.15) is 0 Å². The summed E-state index contributed by atoms with van der Waals surface area (Å²) in [5, 5.41) is 9.03. The molecule has 7 heteroatoms. The van der Waals surface area contributed by atoms with Crippen LogP contribution in [0.15, 0.2) is 0 Å². The number of aliphatic hydroxyl groups is 1. The lowest BCUT2D eigenvalue weighted by atomic mass is 10.3. The number of carbonyl (C=O) groups excluding carboxylic acids is 3. The van der Waals surface area contributed by atoms with Gasteiger partial charge in [0.05, 0.1) is 6.42 Å². The van der Waals surface area contributed by atoms with Crippen LogP contribution >= 0.6 is 0 Å². The first kappa shape index (κ1) is 20.8. The van der Waals surface area contributed by atoms with Gasteiger partial charge in [0, 0.05) is 32.7 Å². The van der Waals surface area contributed by atoms with Gasteiger partial charge >= 0.3 is 5.97 Å². The Hall–Kier alpha value is -1.47. The Morgan fingerprint density at radius 1 is 1.10 bits per heavy atom. The Balaban J connectivity index is 0. The predicted molar refractivity (Wildman–Crippen MR) is 72.4 cm³/mol. The molecule has 1 aliphatic heterocycles. The average molecular weight is 291 g/mol. The predicted octanol–water partition coefficient (Wildman–Crippen LogP) is 1.04. The molecular formula is C13H25NO6. The minimum absolute atomic E-state index is 0. The SMILES string of the molecule is C.C.O=C(CCCOCCCO)ON1C(=O)CCC1=O. The number of nitrogens with zero attached hydrogens (tertiary/aromatic N) is 1. The van der Waals surface area contributed by atoms with Crippen molar-refractivity contribution in [3.8, 4) is 0 Å². The summed E-state index contributed by atoms with van der Waals surface area (Å²) in [5.41, 5.74) is 0. The van der Waals surface area contributed by atoms with Crippen LogP contribution in [0.3, 0.4) is 0 Å². The highest BCUT2D eigenvalue weighted by Crippen LogP contribution is 2.12. The zero-order valence-corrected chi connectivity index (χ0v) is 10.1. The average Bonchev–Trinajstić information content (AvgIpc) is 2.65. The Labute approximate surface area is 119 Å². The van der Waals surface area contributed by atoms with E-state index in [9.17, 15) is 14.4 Å². The van der Waals surface area contributed by atoms with Crippen LogP contribution in [0.1, 0.15) is 47.0 Å². The van der Waals surface area contributed by atoms with Gasteiger partial charge in [0.1, 0.15) is 0 Å². The summed E-state index contributed by atoms with van der Waals surface area (Å²) in [6, 6.07) is 0. The van der Waals surface area contributed by atoms with Gasteiger partial charge in [0.15, 0.2) is 0 Å². The number of imide groups is 1. The molecule has 1 aliphatic rings. The van der Waals surface area contributed by atoms with E-state index in [4.69, 9.17) is 9.84 Å². The number of ether oxygens (including phenoxy) is 1. The van der Waals surface area contributed by atoms with Gasteiger partial charge in [-0.05, 0) is 12.8 Å². The molecule has 1 saturated heterocycles. The van der Waals surface area contributed by atoms with Gasteiger partial charge < -0.3 is 14.7 Å². The van der Waals surface area contributed by atoms with Crippen molar-refractivity contribution in [2.45, 2.75) is 47.0 Å². The molecule has 118 valence electrons. The van der Waals surface area contributed by atoms with Gasteiger partial charge in [-0.15, -0.1) is 5.06 Å². The van der Waals surface area contributed by atoms with Crippen LogP contribution in [0.25, 0.3) is 0 Å². The van der Waals surface area contributed by atoms with Crippen LogP contribution in [0.2, 0.25) is 0 Å². The second kappa shape index (κ2) is 11.4. The van der Waals surface area contributed by atoms with Crippen molar-refractivity contribution < 1.29 is 29.1 Å². The molecule has 2 amide bonds. The maximum Gasteiger partial charge on any atom is 0.333 e. The first-order valence-corrected chi connectivity index (χ1v) is 5.90. The second-order valence-electron chi connectivity index (χ2n) is 3.84. The number of aliphatic hydroxyl groups excluding tert-OH is 1. The van der Waals surface area contributed by atoms with E-state index in [1.165, 1.54) is 0 Å². The van der Waals surface area contributed by atoms with Crippen molar-refractivity contribution in [1.29, 1.82) is 0 Å². The van der Waals surface area contributed by atoms with E-state index in [2.05, 4.69) is 4.84 Å². The van der Waals surface area contributed by atoms with Gasteiger partial charge in [0.25, 0.3) is 11.8 Å². The summed E-state index contributed by atoms with van der Waals surface area (Å²) in [4.78, 5) is 38.3. The molecule has 0 radical (unpaired) electrons.